The molecule has 0 aliphatic carbocycles. The van der Waals surface area contributed by atoms with E-state index < -0.39 is 5.92 Å². The molecule has 118 valence electrons. The third-order valence-electron chi connectivity index (χ3n) is 3.44. The number of carbonyl (C=O) groups excluding carboxylic acids is 3. The molecule has 0 radical (unpaired) electrons. The Bertz CT molecular complexity index is 557. The lowest BCUT2D eigenvalue weighted by Crippen LogP contribution is -2.42. The highest BCUT2D eigenvalue weighted by molar-refractivity contribution is 6.00. The molecule has 1 atom stereocenters. The van der Waals surface area contributed by atoms with Crippen molar-refractivity contribution in [3.8, 4) is 0 Å². The zero-order valence-electron chi connectivity index (χ0n) is 12.8. The van der Waals surface area contributed by atoms with Gasteiger partial charge in [-0.05, 0) is 26.0 Å². The number of para-hydroxylation sites is 1. The van der Waals surface area contributed by atoms with E-state index in [0.29, 0.717) is 6.54 Å². The van der Waals surface area contributed by atoms with Gasteiger partial charge in [-0.15, -0.1) is 0 Å². The quantitative estimate of drug-likeness (QED) is 0.839. The molecular formula is C16H21N3O3. The average Bonchev–Trinajstić information content (AvgIpc) is 2.87. The maximum Gasteiger partial charge on any atom is 0.239 e. The lowest BCUT2D eigenvalue weighted by Gasteiger charge is -2.16. The number of amides is 3. The molecule has 1 aliphatic heterocycles. The molecule has 1 heterocycles. The molecular weight excluding hydrogens is 282 g/mol. The second kappa shape index (κ2) is 7.06. The molecule has 1 unspecified atom stereocenters. The van der Waals surface area contributed by atoms with Gasteiger partial charge in [-0.25, -0.2) is 0 Å². The first-order valence-corrected chi connectivity index (χ1v) is 7.40. The highest BCUT2D eigenvalue weighted by Gasteiger charge is 2.35. The van der Waals surface area contributed by atoms with Gasteiger partial charge in [0.1, 0.15) is 0 Å². The largest absolute Gasteiger partial charge is 0.352 e. The molecule has 0 bridgehead atoms. The summed E-state index contributed by atoms with van der Waals surface area (Å²) in [7, 11) is 0. The van der Waals surface area contributed by atoms with Crippen LogP contribution in [-0.4, -0.2) is 36.9 Å². The van der Waals surface area contributed by atoms with Crippen LogP contribution in [0.2, 0.25) is 0 Å². The number of nitrogens with one attached hydrogen (secondary N) is 2. The van der Waals surface area contributed by atoms with Crippen LogP contribution in [0.3, 0.4) is 0 Å². The number of carbonyl (C=O) groups is 3. The van der Waals surface area contributed by atoms with E-state index in [-0.39, 0.29) is 36.7 Å². The first kappa shape index (κ1) is 16.0. The van der Waals surface area contributed by atoms with Crippen LogP contribution in [0, 0.1) is 5.92 Å². The molecule has 2 N–H and O–H groups in total. The van der Waals surface area contributed by atoms with E-state index in [9.17, 15) is 14.4 Å². The summed E-state index contributed by atoms with van der Waals surface area (Å²) in [5.74, 6) is -0.976. The second-order valence-electron chi connectivity index (χ2n) is 5.68. The zero-order chi connectivity index (χ0) is 16.1. The van der Waals surface area contributed by atoms with Crippen LogP contribution in [0.4, 0.5) is 5.69 Å². The summed E-state index contributed by atoms with van der Waals surface area (Å²) in [6, 6.07) is 9.30. The molecule has 6 heteroatoms. The first-order chi connectivity index (χ1) is 10.5. The molecule has 1 aromatic rings. The number of hydrogen-bond acceptors (Lipinski definition) is 3. The molecule has 1 saturated heterocycles. The zero-order valence-corrected chi connectivity index (χ0v) is 12.8. The Hall–Kier alpha value is -2.37. The number of hydrogen-bond donors (Lipinski definition) is 2. The van der Waals surface area contributed by atoms with E-state index in [1.807, 2.05) is 44.2 Å². The maximum absolute atomic E-state index is 12.1. The third-order valence-corrected chi connectivity index (χ3v) is 3.44. The van der Waals surface area contributed by atoms with Crippen molar-refractivity contribution in [3.05, 3.63) is 30.3 Å². The standard InChI is InChI=1S/C16H21N3O3/c1-11(2)18-14(20)9-17-16(22)12-8-15(21)19(10-12)13-6-4-3-5-7-13/h3-7,11-12H,8-10H2,1-2H3,(H,17,22)(H,18,20). The second-order valence-corrected chi connectivity index (χ2v) is 5.68. The van der Waals surface area contributed by atoms with Crippen molar-refractivity contribution in [2.75, 3.05) is 18.0 Å². The van der Waals surface area contributed by atoms with Crippen LogP contribution in [0.5, 0.6) is 0 Å². The number of anilines is 1. The Balaban J connectivity index is 1.88. The van der Waals surface area contributed by atoms with Gasteiger partial charge >= 0.3 is 0 Å². The fraction of sp³-hybridized carbons (Fsp3) is 0.438. The predicted molar refractivity (Wildman–Crippen MR) is 83.2 cm³/mol. The molecule has 2 rings (SSSR count). The predicted octanol–water partition coefficient (Wildman–Crippen LogP) is 0.680. The lowest BCUT2D eigenvalue weighted by molar-refractivity contribution is -0.129. The summed E-state index contributed by atoms with van der Waals surface area (Å²) in [5.41, 5.74) is 0.792. The van der Waals surface area contributed by atoms with Gasteiger partial charge < -0.3 is 15.5 Å². The maximum atomic E-state index is 12.1. The Kier molecular flexibility index (Phi) is 5.14. The number of rotatable bonds is 5. The fourth-order valence-corrected chi connectivity index (χ4v) is 2.43. The third kappa shape index (κ3) is 4.07. The highest BCUT2D eigenvalue weighted by atomic mass is 16.2. The van der Waals surface area contributed by atoms with Crippen LogP contribution in [0.25, 0.3) is 0 Å². The van der Waals surface area contributed by atoms with Crippen molar-refractivity contribution in [1.29, 1.82) is 0 Å². The van der Waals surface area contributed by atoms with Gasteiger partial charge in [0.25, 0.3) is 0 Å². The Labute approximate surface area is 129 Å². The SMILES string of the molecule is CC(C)NC(=O)CNC(=O)C1CC(=O)N(c2ccccc2)C1. The van der Waals surface area contributed by atoms with Gasteiger partial charge in [0, 0.05) is 24.7 Å². The topological polar surface area (TPSA) is 78.5 Å². The summed E-state index contributed by atoms with van der Waals surface area (Å²) in [5, 5.41) is 5.29. The van der Waals surface area contributed by atoms with Gasteiger partial charge in [-0.2, -0.15) is 0 Å². The van der Waals surface area contributed by atoms with Crippen LogP contribution in [0.1, 0.15) is 20.3 Å². The van der Waals surface area contributed by atoms with Crippen LogP contribution in [0.15, 0.2) is 30.3 Å². The summed E-state index contributed by atoms with van der Waals surface area (Å²) in [6.07, 6.45) is 0.173. The average molecular weight is 303 g/mol. The molecule has 1 fully saturated rings. The number of benzene rings is 1. The lowest BCUT2D eigenvalue weighted by atomic mass is 10.1. The summed E-state index contributed by atoms with van der Waals surface area (Å²) in [6.45, 7) is 3.99. The minimum Gasteiger partial charge on any atom is -0.352 e. The molecule has 0 spiro atoms. The molecule has 0 saturated carbocycles. The normalized spacial score (nSPS) is 17.7. The fourth-order valence-electron chi connectivity index (χ4n) is 2.43. The summed E-state index contributed by atoms with van der Waals surface area (Å²) >= 11 is 0. The minimum absolute atomic E-state index is 0.0334. The van der Waals surface area contributed by atoms with E-state index in [4.69, 9.17) is 0 Å². The smallest absolute Gasteiger partial charge is 0.239 e. The minimum atomic E-state index is -0.417. The monoisotopic (exact) mass is 303 g/mol. The van der Waals surface area contributed by atoms with Crippen molar-refractivity contribution in [2.45, 2.75) is 26.3 Å². The van der Waals surface area contributed by atoms with E-state index in [0.717, 1.165) is 5.69 Å². The molecule has 1 aromatic carbocycles. The molecule has 6 nitrogen and oxygen atoms in total. The van der Waals surface area contributed by atoms with E-state index >= 15 is 0 Å². The van der Waals surface area contributed by atoms with Crippen molar-refractivity contribution in [1.82, 2.24) is 10.6 Å². The van der Waals surface area contributed by atoms with Crippen LogP contribution < -0.4 is 15.5 Å². The Morgan fingerprint density at radius 1 is 1.27 bits per heavy atom. The summed E-state index contributed by atoms with van der Waals surface area (Å²) in [4.78, 5) is 37.3. The molecule has 1 aliphatic rings. The van der Waals surface area contributed by atoms with Crippen molar-refractivity contribution < 1.29 is 14.4 Å². The van der Waals surface area contributed by atoms with Crippen LogP contribution in [-0.2, 0) is 14.4 Å². The molecule has 22 heavy (non-hydrogen) atoms. The van der Waals surface area contributed by atoms with E-state index in [2.05, 4.69) is 10.6 Å². The summed E-state index contributed by atoms with van der Waals surface area (Å²) < 4.78 is 0. The van der Waals surface area contributed by atoms with Gasteiger partial charge in [-0.1, -0.05) is 18.2 Å². The van der Waals surface area contributed by atoms with E-state index in [1.165, 1.54) is 0 Å². The molecule has 0 aromatic heterocycles. The van der Waals surface area contributed by atoms with Crippen molar-refractivity contribution in [2.24, 2.45) is 5.92 Å². The van der Waals surface area contributed by atoms with Crippen LogP contribution >= 0.6 is 0 Å². The Morgan fingerprint density at radius 2 is 1.95 bits per heavy atom. The number of nitrogens with zero attached hydrogens (tertiary/aromatic N) is 1. The van der Waals surface area contributed by atoms with Gasteiger partial charge in [0.2, 0.25) is 17.7 Å². The molecule has 3 amide bonds. The van der Waals surface area contributed by atoms with Gasteiger partial charge in [0.15, 0.2) is 0 Å². The van der Waals surface area contributed by atoms with E-state index in [1.54, 1.807) is 4.90 Å². The van der Waals surface area contributed by atoms with Gasteiger partial charge in [-0.3, -0.25) is 14.4 Å². The van der Waals surface area contributed by atoms with Gasteiger partial charge in [0.05, 0.1) is 12.5 Å². The first-order valence-electron chi connectivity index (χ1n) is 7.40. The van der Waals surface area contributed by atoms with Crippen molar-refractivity contribution in [3.63, 3.8) is 0 Å². The van der Waals surface area contributed by atoms with Crippen molar-refractivity contribution >= 4 is 23.4 Å². The Morgan fingerprint density at radius 3 is 2.59 bits per heavy atom. The highest BCUT2D eigenvalue weighted by Crippen LogP contribution is 2.24.